The highest BCUT2D eigenvalue weighted by molar-refractivity contribution is 5.78. The molecule has 22 heavy (non-hydrogen) atoms. The number of benzene rings is 1. The number of hydrogen-bond acceptors (Lipinski definition) is 5. The van der Waals surface area contributed by atoms with Gasteiger partial charge in [0.05, 0.1) is 21.3 Å². The maximum atomic E-state index is 11.3. The van der Waals surface area contributed by atoms with E-state index >= 15 is 0 Å². The van der Waals surface area contributed by atoms with Crippen LogP contribution in [0.15, 0.2) is 12.1 Å². The SMILES string of the molecule is CCC(CC(C)(N)C(=O)O)c1c(OC)cc(OC)cc1OC. The molecule has 0 aliphatic carbocycles. The molecule has 2 atom stereocenters. The van der Waals surface area contributed by atoms with E-state index in [0.29, 0.717) is 23.7 Å². The molecule has 124 valence electrons. The van der Waals surface area contributed by atoms with Gasteiger partial charge in [-0.3, -0.25) is 4.79 Å². The van der Waals surface area contributed by atoms with E-state index in [1.54, 1.807) is 33.5 Å². The van der Waals surface area contributed by atoms with Crippen molar-refractivity contribution < 1.29 is 24.1 Å². The summed E-state index contributed by atoms with van der Waals surface area (Å²) in [7, 11) is 4.68. The fraction of sp³-hybridized carbons (Fsp3) is 0.562. The van der Waals surface area contributed by atoms with Gasteiger partial charge in [-0.1, -0.05) is 6.92 Å². The summed E-state index contributed by atoms with van der Waals surface area (Å²) in [6.45, 7) is 3.49. The quantitative estimate of drug-likeness (QED) is 0.766. The fourth-order valence-corrected chi connectivity index (χ4v) is 2.48. The Labute approximate surface area is 131 Å². The van der Waals surface area contributed by atoms with E-state index in [2.05, 4.69) is 0 Å². The van der Waals surface area contributed by atoms with Gasteiger partial charge in [-0.05, 0) is 25.7 Å². The van der Waals surface area contributed by atoms with Gasteiger partial charge in [0.15, 0.2) is 0 Å². The lowest BCUT2D eigenvalue weighted by Crippen LogP contribution is -2.46. The number of carboxylic acid groups (broad SMARTS) is 1. The molecular weight excluding hydrogens is 286 g/mol. The van der Waals surface area contributed by atoms with E-state index in [4.69, 9.17) is 19.9 Å². The number of hydrogen-bond donors (Lipinski definition) is 2. The van der Waals surface area contributed by atoms with Crippen LogP contribution in [-0.4, -0.2) is 37.9 Å². The van der Waals surface area contributed by atoms with Crippen LogP contribution in [0.5, 0.6) is 17.2 Å². The molecule has 0 heterocycles. The van der Waals surface area contributed by atoms with Gasteiger partial charge >= 0.3 is 5.97 Å². The van der Waals surface area contributed by atoms with Crippen LogP contribution in [0.3, 0.4) is 0 Å². The zero-order valence-corrected chi connectivity index (χ0v) is 13.8. The average Bonchev–Trinajstić information content (AvgIpc) is 2.51. The Kier molecular flexibility index (Phi) is 6.05. The van der Waals surface area contributed by atoms with Gasteiger partial charge < -0.3 is 25.1 Å². The Balaban J connectivity index is 3.34. The number of aliphatic carboxylic acids is 1. The molecule has 0 aliphatic rings. The Morgan fingerprint density at radius 1 is 1.23 bits per heavy atom. The molecule has 0 aliphatic heterocycles. The topological polar surface area (TPSA) is 91.0 Å². The van der Waals surface area contributed by atoms with E-state index in [9.17, 15) is 9.90 Å². The predicted octanol–water partition coefficient (Wildman–Crippen LogP) is 2.40. The molecule has 0 spiro atoms. The summed E-state index contributed by atoms with van der Waals surface area (Å²) >= 11 is 0. The maximum absolute atomic E-state index is 11.3. The molecule has 0 saturated carbocycles. The molecule has 0 fully saturated rings. The average molecular weight is 311 g/mol. The van der Waals surface area contributed by atoms with Crippen LogP contribution in [0.4, 0.5) is 0 Å². The van der Waals surface area contributed by atoms with Crippen molar-refractivity contribution in [3.8, 4) is 17.2 Å². The van der Waals surface area contributed by atoms with Gasteiger partial charge in [0, 0.05) is 17.7 Å². The first-order valence-corrected chi connectivity index (χ1v) is 7.12. The van der Waals surface area contributed by atoms with Crippen molar-refractivity contribution in [1.82, 2.24) is 0 Å². The monoisotopic (exact) mass is 311 g/mol. The van der Waals surface area contributed by atoms with Gasteiger partial charge in [0.1, 0.15) is 22.8 Å². The van der Waals surface area contributed by atoms with E-state index in [-0.39, 0.29) is 12.3 Å². The van der Waals surface area contributed by atoms with Gasteiger partial charge in [0.2, 0.25) is 0 Å². The van der Waals surface area contributed by atoms with Crippen molar-refractivity contribution in [2.45, 2.75) is 38.1 Å². The molecule has 6 nitrogen and oxygen atoms in total. The molecule has 1 aromatic rings. The van der Waals surface area contributed by atoms with E-state index in [1.807, 2.05) is 6.92 Å². The number of nitrogens with two attached hydrogens (primary N) is 1. The number of carboxylic acids is 1. The molecule has 0 radical (unpaired) electrons. The molecule has 0 saturated heterocycles. The molecule has 0 amide bonds. The normalized spacial score (nSPS) is 14.8. The summed E-state index contributed by atoms with van der Waals surface area (Å²) < 4.78 is 16.1. The first-order chi connectivity index (χ1) is 10.3. The maximum Gasteiger partial charge on any atom is 0.323 e. The second-order valence-electron chi connectivity index (χ2n) is 5.48. The van der Waals surface area contributed by atoms with E-state index in [0.717, 1.165) is 5.56 Å². The molecule has 3 N–H and O–H groups in total. The molecular formula is C16H25NO5. The predicted molar refractivity (Wildman–Crippen MR) is 84.0 cm³/mol. The van der Waals surface area contributed by atoms with Crippen molar-refractivity contribution in [2.75, 3.05) is 21.3 Å². The van der Waals surface area contributed by atoms with Gasteiger partial charge in [-0.25, -0.2) is 0 Å². The van der Waals surface area contributed by atoms with Crippen LogP contribution in [0.1, 0.15) is 38.2 Å². The first-order valence-electron chi connectivity index (χ1n) is 7.12. The van der Waals surface area contributed by atoms with Crippen LogP contribution in [-0.2, 0) is 4.79 Å². The standard InChI is InChI=1S/C16H25NO5/c1-6-10(9-16(2,17)15(18)19)14-12(21-4)7-11(20-3)8-13(14)22-5/h7-8,10H,6,9,17H2,1-5H3,(H,18,19). The lowest BCUT2D eigenvalue weighted by Gasteiger charge is -2.28. The Hall–Kier alpha value is -1.95. The van der Waals surface area contributed by atoms with Crippen molar-refractivity contribution in [1.29, 1.82) is 0 Å². The second-order valence-corrected chi connectivity index (χ2v) is 5.48. The minimum Gasteiger partial charge on any atom is -0.496 e. The smallest absolute Gasteiger partial charge is 0.323 e. The summed E-state index contributed by atoms with van der Waals surface area (Å²) in [6, 6.07) is 3.52. The first kappa shape index (κ1) is 18.1. The number of ether oxygens (including phenoxy) is 3. The van der Waals surface area contributed by atoms with Crippen LogP contribution < -0.4 is 19.9 Å². The number of methoxy groups -OCH3 is 3. The molecule has 1 aromatic carbocycles. The summed E-state index contributed by atoms with van der Waals surface area (Å²) in [6.07, 6.45) is 0.983. The molecule has 2 unspecified atom stereocenters. The highest BCUT2D eigenvalue weighted by Gasteiger charge is 2.33. The van der Waals surface area contributed by atoms with Gasteiger partial charge in [-0.2, -0.15) is 0 Å². The third-order valence-electron chi connectivity index (χ3n) is 3.81. The van der Waals surface area contributed by atoms with E-state index < -0.39 is 11.5 Å². The zero-order valence-electron chi connectivity index (χ0n) is 13.8. The Morgan fingerprint density at radius 2 is 1.73 bits per heavy atom. The summed E-state index contributed by atoms with van der Waals surface area (Å²) in [5, 5.41) is 9.26. The summed E-state index contributed by atoms with van der Waals surface area (Å²) in [4.78, 5) is 11.3. The van der Waals surface area contributed by atoms with Gasteiger partial charge in [-0.15, -0.1) is 0 Å². The summed E-state index contributed by atoms with van der Waals surface area (Å²) in [5.41, 5.74) is 5.40. The largest absolute Gasteiger partial charge is 0.496 e. The van der Waals surface area contributed by atoms with Crippen LogP contribution in [0, 0.1) is 0 Å². The molecule has 0 bridgehead atoms. The summed E-state index contributed by atoms with van der Waals surface area (Å²) in [5.74, 6) is 0.675. The van der Waals surface area contributed by atoms with Gasteiger partial charge in [0.25, 0.3) is 0 Å². The highest BCUT2D eigenvalue weighted by Crippen LogP contribution is 2.43. The van der Waals surface area contributed by atoms with Crippen molar-refractivity contribution in [3.05, 3.63) is 17.7 Å². The Morgan fingerprint density at radius 3 is 2.05 bits per heavy atom. The highest BCUT2D eigenvalue weighted by atomic mass is 16.5. The van der Waals surface area contributed by atoms with Crippen LogP contribution >= 0.6 is 0 Å². The third kappa shape index (κ3) is 3.82. The number of rotatable bonds is 8. The molecule has 1 rings (SSSR count). The lowest BCUT2D eigenvalue weighted by molar-refractivity contribution is -0.143. The molecule has 0 aromatic heterocycles. The third-order valence-corrected chi connectivity index (χ3v) is 3.81. The number of carbonyl (C=O) groups is 1. The second kappa shape index (κ2) is 7.35. The zero-order chi connectivity index (χ0) is 16.9. The van der Waals surface area contributed by atoms with Crippen molar-refractivity contribution in [3.63, 3.8) is 0 Å². The van der Waals surface area contributed by atoms with E-state index in [1.165, 1.54) is 6.92 Å². The van der Waals surface area contributed by atoms with Crippen molar-refractivity contribution >= 4 is 5.97 Å². The lowest BCUT2D eigenvalue weighted by atomic mass is 9.83. The van der Waals surface area contributed by atoms with Crippen molar-refractivity contribution in [2.24, 2.45) is 5.73 Å². The van der Waals surface area contributed by atoms with Crippen LogP contribution in [0.2, 0.25) is 0 Å². The fourth-order valence-electron chi connectivity index (χ4n) is 2.48. The van der Waals surface area contributed by atoms with Crippen LogP contribution in [0.25, 0.3) is 0 Å². The minimum absolute atomic E-state index is 0.109. The molecule has 6 heteroatoms. The Bertz CT molecular complexity index is 502. The minimum atomic E-state index is -1.32.